The molecule has 2 heterocycles. The van der Waals surface area contributed by atoms with Gasteiger partial charge in [0.2, 0.25) is 0 Å². The quantitative estimate of drug-likeness (QED) is 0.306. The number of likely N-dealkylation sites (tertiary alicyclic amines) is 2. The molecule has 9 unspecified atom stereocenters. The van der Waals surface area contributed by atoms with Crippen LogP contribution in [0.2, 0.25) is 0 Å². The number of hydrogen-bond acceptors (Lipinski definition) is 3. The minimum absolute atomic E-state index is 0.0476. The second-order valence-corrected chi connectivity index (χ2v) is 15.4. The van der Waals surface area contributed by atoms with Crippen LogP contribution in [0.15, 0.2) is 0 Å². The van der Waals surface area contributed by atoms with Gasteiger partial charge in [-0.2, -0.15) is 0 Å². The predicted molar refractivity (Wildman–Crippen MR) is 150 cm³/mol. The minimum atomic E-state index is -0.0476. The van der Waals surface area contributed by atoms with Crippen molar-refractivity contribution in [3.8, 4) is 0 Å². The standard InChI is InChI=1S/C33H57N2O2/c1-24(36)37-31-30(35(4)20-9-6-10-21-35)22-29-27-16-14-25-13-15-26(34-18-7-5-8-19-34)23-33(25,3)28(27)12-11-17-32(29,31)2/h25-31H,5-23H2,1-4H3/q+1. The van der Waals surface area contributed by atoms with Gasteiger partial charge < -0.3 is 14.1 Å². The average Bonchev–Trinajstić information content (AvgIpc) is 3.07. The summed E-state index contributed by atoms with van der Waals surface area (Å²) >= 11 is 0. The Labute approximate surface area is 227 Å². The lowest BCUT2D eigenvalue weighted by molar-refractivity contribution is -0.940. The van der Waals surface area contributed by atoms with Gasteiger partial charge in [-0.1, -0.05) is 26.7 Å². The maximum atomic E-state index is 12.5. The molecule has 6 aliphatic rings. The van der Waals surface area contributed by atoms with E-state index in [9.17, 15) is 4.79 Å². The summed E-state index contributed by atoms with van der Waals surface area (Å²) in [5.41, 5.74) is 0.658. The smallest absolute Gasteiger partial charge is 0.303 e. The Morgan fingerprint density at radius 2 is 1.54 bits per heavy atom. The van der Waals surface area contributed by atoms with Crippen LogP contribution in [0.4, 0.5) is 0 Å². The van der Waals surface area contributed by atoms with Crippen molar-refractivity contribution in [1.82, 2.24) is 4.90 Å². The Hall–Kier alpha value is -0.610. The Kier molecular flexibility index (Phi) is 7.26. The molecule has 0 radical (unpaired) electrons. The highest BCUT2D eigenvalue weighted by Gasteiger charge is 2.65. The lowest BCUT2D eigenvalue weighted by Crippen LogP contribution is -2.60. The summed E-state index contributed by atoms with van der Waals surface area (Å²) in [6.07, 6.45) is 21.0. The Bertz CT molecular complexity index is 832. The van der Waals surface area contributed by atoms with Gasteiger partial charge in [0.25, 0.3) is 0 Å². The second kappa shape index (κ2) is 10.1. The van der Waals surface area contributed by atoms with Crippen LogP contribution in [0.1, 0.15) is 117 Å². The summed E-state index contributed by atoms with van der Waals surface area (Å²) in [6.45, 7) is 12.2. The van der Waals surface area contributed by atoms with E-state index in [1.807, 2.05) is 0 Å². The van der Waals surface area contributed by atoms with Crippen molar-refractivity contribution in [3.63, 3.8) is 0 Å². The monoisotopic (exact) mass is 513 g/mol. The summed E-state index contributed by atoms with van der Waals surface area (Å²) in [4.78, 5) is 15.4. The molecule has 4 nitrogen and oxygen atoms in total. The maximum Gasteiger partial charge on any atom is 0.303 e. The molecule has 0 aromatic heterocycles. The molecule has 0 aromatic rings. The highest BCUT2D eigenvalue weighted by atomic mass is 16.5. The molecule has 0 N–H and O–H groups in total. The summed E-state index contributed by atoms with van der Waals surface area (Å²) in [5, 5.41) is 0. The normalized spacial score (nSPS) is 48.3. The van der Waals surface area contributed by atoms with E-state index in [1.165, 1.54) is 122 Å². The number of hydrogen-bond donors (Lipinski definition) is 0. The van der Waals surface area contributed by atoms with Crippen molar-refractivity contribution in [2.24, 2.45) is 34.5 Å². The van der Waals surface area contributed by atoms with Gasteiger partial charge >= 0.3 is 5.97 Å². The van der Waals surface area contributed by atoms with Crippen LogP contribution in [0.5, 0.6) is 0 Å². The third-order valence-corrected chi connectivity index (χ3v) is 13.6. The number of nitrogens with zero attached hydrogens (tertiary/aromatic N) is 2. The Morgan fingerprint density at radius 3 is 2.27 bits per heavy atom. The first-order chi connectivity index (χ1) is 17.7. The van der Waals surface area contributed by atoms with E-state index in [4.69, 9.17) is 4.74 Å². The minimum Gasteiger partial charge on any atom is -0.456 e. The SMILES string of the molecule is CC(=O)OC1C([N+]2(C)CCCCC2)CC2C3CCC4CCC(N5CCCCC5)CC4(C)C3CCCC21C. The fourth-order valence-corrected chi connectivity index (χ4v) is 11.7. The lowest BCUT2D eigenvalue weighted by atomic mass is 9.49. The molecule has 6 rings (SSSR count). The highest BCUT2D eigenvalue weighted by molar-refractivity contribution is 5.66. The summed E-state index contributed by atoms with van der Waals surface area (Å²) in [6, 6.07) is 1.33. The van der Waals surface area contributed by atoms with Crippen LogP contribution in [-0.2, 0) is 9.53 Å². The molecule has 6 fully saturated rings. The molecule has 2 aliphatic heterocycles. The molecule has 4 saturated carbocycles. The number of quaternary nitrogens is 1. The zero-order chi connectivity index (χ0) is 25.8. The van der Waals surface area contributed by atoms with E-state index < -0.39 is 0 Å². The second-order valence-electron chi connectivity index (χ2n) is 15.4. The van der Waals surface area contributed by atoms with Crippen LogP contribution in [-0.4, -0.2) is 66.8 Å². The fourth-order valence-electron chi connectivity index (χ4n) is 11.7. The molecule has 9 atom stereocenters. The summed E-state index contributed by atoms with van der Waals surface area (Å²) < 4.78 is 7.57. The number of carbonyl (C=O) groups excluding carboxylic acids is 1. The molecule has 4 heteroatoms. The molecule has 37 heavy (non-hydrogen) atoms. The van der Waals surface area contributed by atoms with Gasteiger partial charge in [0.15, 0.2) is 6.10 Å². The van der Waals surface area contributed by atoms with E-state index in [-0.39, 0.29) is 17.5 Å². The number of carbonyl (C=O) groups is 1. The Balaban J connectivity index is 1.30. The van der Waals surface area contributed by atoms with Crippen molar-refractivity contribution in [3.05, 3.63) is 0 Å². The van der Waals surface area contributed by atoms with Gasteiger partial charge in [0.05, 0.1) is 20.1 Å². The third kappa shape index (κ3) is 4.52. The first kappa shape index (κ1) is 26.6. The molecule has 0 spiro atoms. The van der Waals surface area contributed by atoms with E-state index in [0.29, 0.717) is 11.5 Å². The first-order valence-electron chi connectivity index (χ1n) is 16.5. The molecule has 4 aliphatic carbocycles. The topological polar surface area (TPSA) is 29.5 Å². The molecular weight excluding hydrogens is 456 g/mol. The molecule has 0 aromatic carbocycles. The van der Waals surface area contributed by atoms with Gasteiger partial charge in [0, 0.05) is 24.8 Å². The lowest BCUT2D eigenvalue weighted by Gasteiger charge is -2.58. The number of likely N-dealkylation sites (N-methyl/N-ethyl adjacent to an activating group) is 1. The molecular formula is C33H57N2O2+. The van der Waals surface area contributed by atoms with Crippen molar-refractivity contribution in [2.75, 3.05) is 33.2 Å². The predicted octanol–water partition coefficient (Wildman–Crippen LogP) is 6.81. The zero-order valence-corrected chi connectivity index (χ0v) is 24.7. The van der Waals surface area contributed by atoms with E-state index in [2.05, 4.69) is 25.8 Å². The number of fused-ring (bicyclic) bond motifs is 5. The van der Waals surface area contributed by atoms with Gasteiger partial charge in [-0.15, -0.1) is 0 Å². The number of esters is 1. The van der Waals surface area contributed by atoms with Gasteiger partial charge in [-0.3, -0.25) is 4.79 Å². The molecule has 2 saturated heterocycles. The molecule has 0 amide bonds. The van der Waals surface area contributed by atoms with Crippen molar-refractivity contribution < 1.29 is 14.0 Å². The van der Waals surface area contributed by atoms with E-state index in [0.717, 1.165) is 34.2 Å². The van der Waals surface area contributed by atoms with Gasteiger partial charge in [-0.25, -0.2) is 0 Å². The molecule has 0 bridgehead atoms. The first-order valence-corrected chi connectivity index (χ1v) is 16.5. The number of rotatable bonds is 3. The zero-order valence-electron chi connectivity index (χ0n) is 24.7. The van der Waals surface area contributed by atoms with Crippen LogP contribution < -0.4 is 0 Å². The van der Waals surface area contributed by atoms with Crippen LogP contribution in [0.3, 0.4) is 0 Å². The average molecular weight is 514 g/mol. The number of piperidine rings is 2. The highest BCUT2D eigenvalue weighted by Crippen LogP contribution is 2.66. The third-order valence-electron chi connectivity index (χ3n) is 13.6. The van der Waals surface area contributed by atoms with Crippen LogP contribution in [0.25, 0.3) is 0 Å². The Morgan fingerprint density at radius 1 is 0.838 bits per heavy atom. The van der Waals surface area contributed by atoms with Crippen LogP contribution >= 0.6 is 0 Å². The fraction of sp³-hybridized carbons (Fsp3) is 0.970. The van der Waals surface area contributed by atoms with Crippen molar-refractivity contribution in [1.29, 1.82) is 0 Å². The van der Waals surface area contributed by atoms with E-state index >= 15 is 0 Å². The largest absolute Gasteiger partial charge is 0.456 e. The van der Waals surface area contributed by atoms with E-state index in [1.54, 1.807) is 6.92 Å². The number of ether oxygens (including phenoxy) is 1. The van der Waals surface area contributed by atoms with Crippen molar-refractivity contribution >= 4 is 5.97 Å². The van der Waals surface area contributed by atoms with Crippen molar-refractivity contribution in [2.45, 2.75) is 135 Å². The van der Waals surface area contributed by atoms with Gasteiger partial charge in [0.1, 0.15) is 6.04 Å². The summed E-state index contributed by atoms with van der Waals surface area (Å²) in [5.74, 6) is 3.31. The molecule has 210 valence electrons. The summed E-state index contributed by atoms with van der Waals surface area (Å²) in [7, 11) is 2.51. The maximum absolute atomic E-state index is 12.5. The van der Waals surface area contributed by atoms with Gasteiger partial charge in [-0.05, 0) is 119 Å². The van der Waals surface area contributed by atoms with Crippen LogP contribution in [0, 0.1) is 34.5 Å².